The minimum atomic E-state index is -2.45. The van der Waals surface area contributed by atoms with E-state index in [1.807, 2.05) is 24.3 Å². The summed E-state index contributed by atoms with van der Waals surface area (Å²) in [6.07, 6.45) is -2.14. The Hall–Kier alpha value is -0.520. The molecule has 1 aromatic rings. The molecule has 0 saturated carbocycles. The molecule has 1 atom stereocenters. The van der Waals surface area contributed by atoms with Crippen molar-refractivity contribution in [2.75, 3.05) is 13.2 Å². The Morgan fingerprint density at radius 1 is 1.24 bits per heavy atom. The lowest BCUT2D eigenvalue weighted by Gasteiger charge is -2.11. The van der Waals surface area contributed by atoms with Gasteiger partial charge < -0.3 is 9.84 Å². The first-order valence-corrected chi connectivity index (χ1v) is 6.15. The van der Waals surface area contributed by atoms with Crippen LogP contribution in [0.3, 0.4) is 0 Å². The van der Waals surface area contributed by atoms with Crippen LogP contribution < -0.4 is 0 Å². The first-order valence-electron chi connectivity index (χ1n) is 5.36. The van der Waals surface area contributed by atoms with Crippen LogP contribution in [0.15, 0.2) is 28.7 Å². The molecule has 0 radical (unpaired) electrons. The van der Waals surface area contributed by atoms with Crippen LogP contribution in [0.5, 0.6) is 0 Å². The summed E-state index contributed by atoms with van der Waals surface area (Å²) in [5, 5.41) is 9.66. The molecular formula is C12H15BrF2O2. The van der Waals surface area contributed by atoms with Crippen LogP contribution in [-0.2, 0) is 11.2 Å². The molecule has 1 aromatic carbocycles. The van der Waals surface area contributed by atoms with Gasteiger partial charge in [0.1, 0.15) is 6.61 Å². The van der Waals surface area contributed by atoms with Gasteiger partial charge in [-0.25, -0.2) is 8.78 Å². The van der Waals surface area contributed by atoms with Crippen molar-refractivity contribution in [3.8, 4) is 0 Å². The molecule has 0 saturated heterocycles. The molecule has 1 N–H and O–H groups in total. The van der Waals surface area contributed by atoms with Crippen molar-refractivity contribution in [2.24, 2.45) is 0 Å². The monoisotopic (exact) mass is 308 g/mol. The van der Waals surface area contributed by atoms with Crippen LogP contribution in [0.25, 0.3) is 0 Å². The minimum Gasteiger partial charge on any atom is -0.393 e. The Morgan fingerprint density at radius 3 is 2.47 bits per heavy atom. The second-order valence-electron chi connectivity index (χ2n) is 3.74. The van der Waals surface area contributed by atoms with Gasteiger partial charge in [0.05, 0.1) is 6.10 Å². The highest BCUT2D eigenvalue weighted by Gasteiger charge is 2.07. The van der Waals surface area contributed by atoms with Gasteiger partial charge in [-0.05, 0) is 30.5 Å². The maximum absolute atomic E-state index is 11.8. The Labute approximate surface area is 108 Å². The number of ether oxygens (including phenoxy) is 1. The zero-order chi connectivity index (χ0) is 12.7. The maximum Gasteiger partial charge on any atom is 0.261 e. The first kappa shape index (κ1) is 14.5. The Bertz CT molecular complexity index is 317. The molecule has 0 aliphatic heterocycles. The van der Waals surface area contributed by atoms with Crippen molar-refractivity contribution >= 4 is 15.9 Å². The van der Waals surface area contributed by atoms with Crippen LogP contribution in [0.2, 0.25) is 0 Å². The fourth-order valence-corrected chi connectivity index (χ4v) is 1.65. The van der Waals surface area contributed by atoms with Gasteiger partial charge >= 0.3 is 0 Å². The summed E-state index contributed by atoms with van der Waals surface area (Å²) < 4.78 is 29.2. The highest BCUT2D eigenvalue weighted by Crippen LogP contribution is 2.12. The lowest BCUT2D eigenvalue weighted by Crippen LogP contribution is -2.15. The van der Waals surface area contributed by atoms with Crippen LogP contribution in [0, 0.1) is 0 Å². The molecule has 0 amide bonds. The van der Waals surface area contributed by atoms with E-state index in [9.17, 15) is 13.9 Å². The van der Waals surface area contributed by atoms with Crippen molar-refractivity contribution in [3.05, 3.63) is 34.3 Å². The van der Waals surface area contributed by atoms with Gasteiger partial charge in [-0.15, -0.1) is 0 Å². The normalized spacial score (nSPS) is 13.0. The van der Waals surface area contributed by atoms with Crippen LogP contribution in [-0.4, -0.2) is 30.8 Å². The van der Waals surface area contributed by atoms with Gasteiger partial charge in [0.15, 0.2) is 0 Å². The Morgan fingerprint density at radius 2 is 1.88 bits per heavy atom. The van der Waals surface area contributed by atoms with Crippen molar-refractivity contribution < 1.29 is 18.6 Å². The van der Waals surface area contributed by atoms with Crippen molar-refractivity contribution in [1.82, 2.24) is 0 Å². The molecule has 0 fully saturated rings. The number of benzene rings is 1. The third-order valence-electron chi connectivity index (χ3n) is 2.22. The van der Waals surface area contributed by atoms with E-state index in [2.05, 4.69) is 15.9 Å². The van der Waals surface area contributed by atoms with Crippen molar-refractivity contribution in [2.45, 2.75) is 25.4 Å². The SMILES string of the molecule is OC(CCOCC(F)F)Cc1ccc(Br)cc1. The van der Waals surface area contributed by atoms with Gasteiger partial charge in [-0.3, -0.25) is 0 Å². The zero-order valence-electron chi connectivity index (χ0n) is 9.28. The fourth-order valence-electron chi connectivity index (χ4n) is 1.39. The molecule has 0 aliphatic rings. The summed E-state index contributed by atoms with van der Waals surface area (Å²) in [7, 11) is 0. The largest absolute Gasteiger partial charge is 0.393 e. The number of rotatable bonds is 7. The predicted octanol–water partition coefficient (Wildman–Crippen LogP) is 3.02. The molecule has 0 heterocycles. The molecule has 17 heavy (non-hydrogen) atoms. The maximum atomic E-state index is 11.8. The number of halogens is 3. The molecule has 96 valence electrons. The van der Waals surface area contributed by atoms with E-state index in [-0.39, 0.29) is 6.61 Å². The van der Waals surface area contributed by atoms with E-state index in [1.54, 1.807) is 0 Å². The third-order valence-corrected chi connectivity index (χ3v) is 2.75. The molecule has 0 aromatic heterocycles. The number of aliphatic hydroxyl groups is 1. The highest BCUT2D eigenvalue weighted by atomic mass is 79.9. The van der Waals surface area contributed by atoms with Gasteiger partial charge in [-0.2, -0.15) is 0 Å². The average Bonchev–Trinajstić information content (AvgIpc) is 2.27. The standard InChI is InChI=1S/C12H15BrF2O2/c13-10-3-1-9(2-4-10)7-11(16)5-6-17-8-12(14)15/h1-4,11-12,16H,5-8H2. The van der Waals surface area contributed by atoms with Crippen molar-refractivity contribution in [3.63, 3.8) is 0 Å². The van der Waals surface area contributed by atoms with Gasteiger partial charge in [0, 0.05) is 11.1 Å². The molecule has 1 rings (SSSR count). The second-order valence-corrected chi connectivity index (χ2v) is 4.65. The average molecular weight is 309 g/mol. The number of alkyl halides is 2. The van der Waals surface area contributed by atoms with E-state index in [4.69, 9.17) is 4.74 Å². The smallest absolute Gasteiger partial charge is 0.261 e. The lowest BCUT2D eigenvalue weighted by atomic mass is 10.1. The van der Waals surface area contributed by atoms with Gasteiger partial charge in [0.25, 0.3) is 6.43 Å². The summed E-state index contributed by atoms with van der Waals surface area (Å²) in [5.74, 6) is 0. The Balaban J connectivity index is 2.20. The lowest BCUT2D eigenvalue weighted by molar-refractivity contribution is 0.00512. The first-order chi connectivity index (χ1) is 8.08. The summed E-state index contributed by atoms with van der Waals surface area (Å²) in [4.78, 5) is 0. The van der Waals surface area contributed by atoms with E-state index in [0.29, 0.717) is 12.8 Å². The summed E-state index contributed by atoms with van der Waals surface area (Å²) in [6, 6.07) is 7.62. The van der Waals surface area contributed by atoms with E-state index >= 15 is 0 Å². The molecule has 5 heteroatoms. The quantitative estimate of drug-likeness (QED) is 0.785. The van der Waals surface area contributed by atoms with E-state index < -0.39 is 19.1 Å². The summed E-state index contributed by atoms with van der Waals surface area (Å²) in [6.45, 7) is -0.410. The predicted molar refractivity (Wildman–Crippen MR) is 65.3 cm³/mol. The van der Waals surface area contributed by atoms with Crippen LogP contribution in [0.4, 0.5) is 8.78 Å². The van der Waals surface area contributed by atoms with Crippen LogP contribution >= 0.6 is 15.9 Å². The number of hydrogen-bond donors (Lipinski definition) is 1. The molecule has 0 aliphatic carbocycles. The molecule has 0 spiro atoms. The third kappa shape index (κ3) is 6.71. The van der Waals surface area contributed by atoms with Gasteiger partial charge in [-0.1, -0.05) is 28.1 Å². The fraction of sp³-hybridized carbons (Fsp3) is 0.500. The number of aliphatic hydroxyl groups excluding tert-OH is 1. The topological polar surface area (TPSA) is 29.5 Å². The highest BCUT2D eigenvalue weighted by molar-refractivity contribution is 9.10. The molecule has 1 unspecified atom stereocenters. The van der Waals surface area contributed by atoms with Gasteiger partial charge in [0.2, 0.25) is 0 Å². The molecular weight excluding hydrogens is 294 g/mol. The summed E-state index contributed by atoms with van der Waals surface area (Å²) >= 11 is 3.32. The second kappa shape index (κ2) is 7.74. The zero-order valence-corrected chi connectivity index (χ0v) is 10.9. The van der Waals surface area contributed by atoms with E-state index in [1.165, 1.54) is 0 Å². The van der Waals surface area contributed by atoms with Crippen molar-refractivity contribution in [1.29, 1.82) is 0 Å². The number of hydrogen-bond acceptors (Lipinski definition) is 2. The minimum absolute atomic E-state index is 0.155. The van der Waals surface area contributed by atoms with Crippen LogP contribution in [0.1, 0.15) is 12.0 Å². The molecule has 0 bridgehead atoms. The molecule has 2 nitrogen and oxygen atoms in total. The van der Waals surface area contributed by atoms with E-state index in [0.717, 1.165) is 10.0 Å². The summed E-state index contributed by atoms with van der Waals surface area (Å²) in [5.41, 5.74) is 1.01. The Kier molecular flexibility index (Phi) is 6.62.